The fourth-order valence-corrected chi connectivity index (χ4v) is 3.28. The molecular weight excluding hydrogens is 370 g/mol. The van der Waals surface area contributed by atoms with E-state index in [0.717, 1.165) is 5.56 Å². The van der Waals surface area contributed by atoms with E-state index in [1.165, 1.54) is 13.2 Å². The van der Waals surface area contributed by atoms with Crippen LogP contribution in [0.5, 0.6) is 5.75 Å². The van der Waals surface area contributed by atoms with Crippen LogP contribution in [-0.4, -0.2) is 49.0 Å². The van der Waals surface area contributed by atoms with Crippen LogP contribution in [0.15, 0.2) is 36.4 Å². The monoisotopic (exact) mass is 389 g/mol. The summed E-state index contributed by atoms with van der Waals surface area (Å²) in [4.78, 5) is 27.3. The second-order valence-corrected chi connectivity index (χ2v) is 6.76. The Morgan fingerprint density at radius 2 is 1.85 bits per heavy atom. The number of piperazine rings is 1. The number of hydrogen-bond acceptors (Lipinski definition) is 5. The van der Waals surface area contributed by atoms with E-state index in [2.05, 4.69) is 0 Å². The van der Waals surface area contributed by atoms with Crippen LogP contribution in [0.3, 0.4) is 0 Å². The first-order chi connectivity index (χ1) is 12.9. The van der Waals surface area contributed by atoms with Gasteiger partial charge in [-0.3, -0.25) is 14.9 Å². The largest absolute Gasteiger partial charge is 0.496 e. The van der Waals surface area contributed by atoms with Crippen LogP contribution in [0.4, 0.5) is 11.4 Å². The van der Waals surface area contributed by atoms with Gasteiger partial charge in [-0.15, -0.1) is 0 Å². The molecule has 2 aromatic carbocycles. The molecule has 0 spiro atoms. The van der Waals surface area contributed by atoms with Crippen molar-refractivity contribution in [1.29, 1.82) is 0 Å². The lowest BCUT2D eigenvalue weighted by Gasteiger charge is -2.36. The van der Waals surface area contributed by atoms with Crippen molar-refractivity contribution < 1.29 is 14.5 Å². The Labute approximate surface area is 162 Å². The van der Waals surface area contributed by atoms with Crippen LogP contribution < -0.4 is 9.64 Å². The highest BCUT2D eigenvalue weighted by Gasteiger charge is 2.27. The van der Waals surface area contributed by atoms with Crippen LogP contribution in [0.1, 0.15) is 15.9 Å². The number of ether oxygens (including phenoxy) is 1. The van der Waals surface area contributed by atoms with Gasteiger partial charge in [-0.2, -0.15) is 0 Å². The highest BCUT2D eigenvalue weighted by molar-refractivity contribution is 6.31. The molecule has 0 bridgehead atoms. The Kier molecular flexibility index (Phi) is 5.51. The number of nitro groups is 1. The minimum atomic E-state index is -0.413. The van der Waals surface area contributed by atoms with E-state index in [1.807, 2.05) is 17.9 Å². The quantitative estimate of drug-likeness (QED) is 0.590. The van der Waals surface area contributed by atoms with Crippen molar-refractivity contribution in [3.63, 3.8) is 0 Å². The first kappa shape index (κ1) is 19.0. The molecule has 2 aromatic rings. The maximum Gasteiger partial charge on any atom is 0.296 e. The van der Waals surface area contributed by atoms with Crippen LogP contribution >= 0.6 is 11.6 Å². The third-order valence-electron chi connectivity index (χ3n) is 4.71. The van der Waals surface area contributed by atoms with Crippen molar-refractivity contribution in [3.05, 3.63) is 62.7 Å². The number of rotatable bonds is 4. The number of methoxy groups -OCH3 is 1. The van der Waals surface area contributed by atoms with Crippen LogP contribution in [-0.2, 0) is 0 Å². The average Bonchev–Trinajstić information content (AvgIpc) is 2.69. The van der Waals surface area contributed by atoms with E-state index >= 15 is 0 Å². The molecule has 1 heterocycles. The predicted octanol–water partition coefficient (Wildman–Crippen LogP) is 3.53. The van der Waals surface area contributed by atoms with Crippen LogP contribution in [0.25, 0.3) is 0 Å². The van der Waals surface area contributed by atoms with Crippen molar-refractivity contribution in [3.8, 4) is 5.75 Å². The Balaban J connectivity index is 1.73. The lowest BCUT2D eigenvalue weighted by molar-refractivity contribution is -0.384. The number of halogens is 1. The van der Waals surface area contributed by atoms with Gasteiger partial charge in [0.1, 0.15) is 11.4 Å². The Morgan fingerprint density at radius 1 is 1.15 bits per heavy atom. The fraction of sp³-hybridized carbons (Fsp3) is 0.316. The summed E-state index contributed by atoms with van der Waals surface area (Å²) in [5, 5.41) is 12.0. The van der Waals surface area contributed by atoms with Crippen molar-refractivity contribution in [1.82, 2.24) is 4.90 Å². The molecule has 0 saturated carbocycles. The van der Waals surface area contributed by atoms with E-state index in [-0.39, 0.29) is 11.6 Å². The molecule has 8 heteroatoms. The number of benzene rings is 2. The summed E-state index contributed by atoms with van der Waals surface area (Å²) in [5.41, 5.74) is 2.00. The molecular formula is C19H20ClN3O4. The molecule has 1 aliphatic rings. The second kappa shape index (κ2) is 7.84. The SMILES string of the molecule is COc1ccc(N2CCN(C(=O)c3ccc(C)c(Cl)c3)CC2)c([N+](=O)[O-])c1. The van der Waals surface area contributed by atoms with Gasteiger partial charge >= 0.3 is 0 Å². The zero-order chi connectivity index (χ0) is 19.6. The average molecular weight is 390 g/mol. The fourth-order valence-electron chi connectivity index (χ4n) is 3.10. The molecule has 0 N–H and O–H groups in total. The van der Waals surface area contributed by atoms with E-state index in [0.29, 0.717) is 48.2 Å². The van der Waals surface area contributed by atoms with Gasteiger partial charge in [0, 0.05) is 36.8 Å². The van der Waals surface area contributed by atoms with Crippen molar-refractivity contribution in [2.24, 2.45) is 0 Å². The first-order valence-electron chi connectivity index (χ1n) is 8.53. The van der Waals surface area contributed by atoms with Gasteiger partial charge in [-0.1, -0.05) is 17.7 Å². The van der Waals surface area contributed by atoms with Crippen LogP contribution in [0.2, 0.25) is 5.02 Å². The molecule has 0 unspecified atom stereocenters. The van der Waals surface area contributed by atoms with Gasteiger partial charge in [0.05, 0.1) is 18.1 Å². The summed E-state index contributed by atoms with van der Waals surface area (Å²) < 4.78 is 5.08. The maximum atomic E-state index is 12.7. The summed E-state index contributed by atoms with van der Waals surface area (Å²) in [6, 6.07) is 10.1. The normalized spacial score (nSPS) is 14.2. The number of nitrogens with zero attached hydrogens (tertiary/aromatic N) is 3. The second-order valence-electron chi connectivity index (χ2n) is 6.35. The van der Waals surface area contributed by atoms with Crippen molar-refractivity contribution in [2.45, 2.75) is 6.92 Å². The van der Waals surface area contributed by atoms with Gasteiger partial charge in [0.25, 0.3) is 11.6 Å². The van der Waals surface area contributed by atoms with Gasteiger partial charge in [-0.25, -0.2) is 0 Å². The summed E-state index contributed by atoms with van der Waals surface area (Å²) in [7, 11) is 1.47. The molecule has 7 nitrogen and oxygen atoms in total. The highest BCUT2D eigenvalue weighted by atomic mass is 35.5. The molecule has 1 saturated heterocycles. The van der Waals surface area contributed by atoms with Crippen molar-refractivity contribution in [2.75, 3.05) is 38.2 Å². The predicted molar refractivity (Wildman–Crippen MR) is 104 cm³/mol. The van der Waals surface area contributed by atoms with Gasteiger partial charge < -0.3 is 14.5 Å². The zero-order valence-corrected chi connectivity index (χ0v) is 15.9. The number of carbonyl (C=O) groups excluding carboxylic acids is 1. The number of carbonyl (C=O) groups is 1. The first-order valence-corrected chi connectivity index (χ1v) is 8.91. The molecule has 1 aliphatic heterocycles. The van der Waals surface area contributed by atoms with Crippen molar-refractivity contribution >= 4 is 28.9 Å². The molecule has 0 aliphatic carbocycles. The zero-order valence-electron chi connectivity index (χ0n) is 15.1. The smallest absolute Gasteiger partial charge is 0.296 e. The maximum absolute atomic E-state index is 12.7. The van der Waals surface area contributed by atoms with Gasteiger partial charge in [-0.05, 0) is 36.8 Å². The molecule has 0 aromatic heterocycles. The number of anilines is 1. The third kappa shape index (κ3) is 3.98. The standard InChI is InChI=1S/C19H20ClN3O4/c1-13-3-4-14(11-16(13)20)19(24)22-9-7-21(8-10-22)17-6-5-15(27-2)12-18(17)23(25)26/h3-6,11-12H,7-10H2,1-2H3. The molecule has 3 rings (SSSR count). The topological polar surface area (TPSA) is 75.9 Å². The summed E-state index contributed by atoms with van der Waals surface area (Å²) in [6.45, 7) is 3.87. The molecule has 0 atom stereocenters. The Hall–Kier alpha value is -2.80. The summed E-state index contributed by atoms with van der Waals surface area (Å²) >= 11 is 6.12. The molecule has 142 valence electrons. The third-order valence-corrected chi connectivity index (χ3v) is 5.11. The van der Waals surface area contributed by atoms with E-state index in [1.54, 1.807) is 29.2 Å². The lowest BCUT2D eigenvalue weighted by atomic mass is 10.1. The van der Waals surface area contributed by atoms with E-state index in [4.69, 9.17) is 16.3 Å². The van der Waals surface area contributed by atoms with Gasteiger partial charge in [0.15, 0.2) is 0 Å². The Bertz CT molecular complexity index is 879. The molecule has 1 amide bonds. The van der Waals surface area contributed by atoms with E-state index < -0.39 is 4.92 Å². The number of nitro benzene ring substituents is 1. The van der Waals surface area contributed by atoms with Crippen LogP contribution in [0, 0.1) is 17.0 Å². The van der Waals surface area contributed by atoms with Gasteiger partial charge in [0.2, 0.25) is 0 Å². The molecule has 0 radical (unpaired) electrons. The number of aryl methyl sites for hydroxylation is 1. The minimum absolute atomic E-state index is 0.000516. The molecule has 27 heavy (non-hydrogen) atoms. The number of amides is 1. The summed E-state index contributed by atoms with van der Waals surface area (Å²) in [5.74, 6) is 0.358. The van der Waals surface area contributed by atoms with E-state index in [9.17, 15) is 14.9 Å². The lowest BCUT2D eigenvalue weighted by Crippen LogP contribution is -2.49. The summed E-state index contributed by atoms with van der Waals surface area (Å²) in [6.07, 6.45) is 0. The highest BCUT2D eigenvalue weighted by Crippen LogP contribution is 2.32. The number of hydrogen-bond donors (Lipinski definition) is 0. The minimum Gasteiger partial charge on any atom is -0.496 e. The Morgan fingerprint density at radius 3 is 2.44 bits per heavy atom. The molecule has 1 fully saturated rings.